The molecule has 0 aromatic carbocycles. The van der Waals surface area contributed by atoms with Crippen LogP contribution >= 0.6 is 0 Å². The molecule has 0 bridgehead atoms. The maximum atomic E-state index is 12.4. The van der Waals surface area contributed by atoms with Gasteiger partial charge in [-0.15, -0.1) is 0 Å². The number of aliphatic carboxylic acids is 2. The highest BCUT2D eigenvalue weighted by molar-refractivity contribution is 5.73. The van der Waals surface area contributed by atoms with E-state index in [-0.39, 0.29) is 38.2 Å². The lowest BCUT2D eigenvalue weighted by Crippen LogP contribution is -2.53. The number of carbonyl (C=O) groups is 2. The van der Waals surface area contributed by atoms with Crippen LogP contribution in [0.2, 0.25) is 0 Å². The fourth-order valence-corrected chi connectivity index (χ4v) is 5.55. The molecule has 36 heavy (non-hydrogen) atoms. The number of unbranched alkanes of at least 4 members (excludes halogenated alkanes) is 14. The van der Waals surface area contributed by atoms with E-state index in [2.05, 4.69) is 13.8 Å². The molecule has 0 saturated heterocycles. The number of carbonyl (C=O) groups excluding carboxylic acids is 2. The summed E-state index contributed by atoms with van der Waals surface area (Å²) in [5.41, 5.74) is -1.95. The largest absolute Gasteiger partial charge is 0.550 e. The van der Waals surface area contributed by atoms with Crippen LogP contribution in [-0.2, 0) is 9.59 Å². The molecule has 0 aromatic rings. The van der Waals surface area contributed by atoms with E-state index in [4.69, 9.17) is 0 Å². The van der Waals surface area contributed by atoms with Crippen molar-refractivity contribution in [1.82, 2.24) is 12.3 Å². The molecule has 0 saturated carbocycles. The summed E-state index contributed by atoms with van der Waals surface area (Å²) in [4.78, 5) is 23.8. The van der Waals surface area contributed by atoms with Gasteiger partial charge in [-0.3, -0.25) is 0 Å². The van der Waals surface area contributed by atoms with E-state index in [9.17, 15) is 24.9 Å². The first-order chi connectivity index (χ1) is 16.3. The topological polar surface area (TPSA) is 173 Å². The SMILES string of the molecule is CCCCCCCCCCC(CCCCCCCCCC)(CCC(=O)[O-])C(C)(CCO)C(=O)[O-].[NH4+].[NH4+]. The summed E-state index contributed by atoms with van der Waals surface area (Å²) < 4.78 is 0. The molecule has 218 valence electrons. The molecule has 1 atom stereocenters. The van der Waals surface area contributed by atoms with E-state index in [1.165, 1.54) is 64.2 Å². The van der Waals surface area contributed by atoms with Gasteiger partial charge in [-0.25, -0.2) is 0 Å². The van der Waals surface area contributed by atoms with Crippen LogP contribution < -0.4 is 22.5 Å². The molecule has 0 aliphatic rings. The Kier molecular flexibility index (Phi) is 26.4. The zero-order valence-electron chi connectivity index (χ0n) is 24.6. The lowest BCUT2D eigenvalue weighted by molar-refractivity contribution is -0.328. The molecule has 7 heteroatoms. The van der Waals surface area contributed by atoms with Crippen molar-refractivity contribution in [3.8, 4) is 0 Å². The second-order valence-corrected chi connectivity index (χ2v) is 10.7. The Bertz CT molecular complexity index is 510. The van der Waals surface area contributed by atoms with Crippen molar-refractivity contribution in [1.29, 1.82) is 0 Å². The average molecular weight is 519 g/mol. The first kappa shape index (κ1) is 39.3. The molecule has 0 radical (unpaired) electrons. The van der Waals surface area contributed by atoms with Crippen molar-refractivity contribution in [2.75, 3.05) is 6.61 Å². The summed E-state index contributed by atoms with van der Waals surface area (Å²) in [6.45, 7) is 5.84. The predicted molar refractivity (Wildman–Crippen MR) is 148 cm³/mol. The van der Waals surface area contributed by atoms with Gasteiger partial charge in [0, 0.05) is 24.0 Å². The molecule has 0 rings (SSSR count). The number of aliphatic hydroxyl groups is 1. The van der Waals surface area contributed by atoms with Crippen LogP contribution in [-0.4, -0.2) is 23.7 Å². The highest BCUT2D eigenvalue weighted by atomic mass is 16.4. The van der Waals surface area contributed by atoms with Crippen molar-refractivity contribution in [3.05, 3.63) is 0 Å². The molecule has 1 unspecified atom stereocenters. The fraction of sp³-hybridized carbons (Fsp3) is 0.931. The molecular weight excluding hydrogens is 456 g/mol. The second kappa shape index (κ2) is 24.2. The van der Waals surface area contributed by atoms with Gasteiger partial charge in [0.15, 0.2) is 0 Å². The Morgan fingerprint density at radius 3 is 1.28 bits per heavy atom. The van der Waals surface area contributed by atoms with Gasteiger partial charge in [0.1, 0.15) is 0 Å². The molecule has 0 aliphatic heterocycles. The maximum Gasteiger partial charge on any atom is 0.0479 e. The Morgan fingerprint density at radius 2 is 0.972 bits per heavy atom. The number of hydrogen-bond acceptors (Lipinski definition) is 5. The normalized spacial score (nSPS) is 12.9. The summed E-state index contributed by atoms with van der Waals surface area (Å²) >= 11 is 0. The highest BCUT2D eigenvalue weighted by Crippen LogP contribution is 2.52. The zero-order valence-corrected chi connectivity index (χ0v) is 24.6. The molecule has 7 nitrogen and oxygen atoms in total. The van der Waals surface area contributed by atoms with E-state index >= 15 is 0 Å². The third-order valence-electron chi connectivity index (χ3n) is 8.06. The van der Waals surface area contributed by atoms with Crippen LogP contribution in [0.4, 0.5) is 0 Å². The molecule has 0 aliphatic carbocycles. The molecule has 0 heterocycles. The average Bonchev–Trinajstić information content (AvgIpc) is 2.80. The number of aliphatic hydroxyl groups excluding tert-OH is 1. The summed E-state index contributed by atoms with van der Waals surface area (Å²) in [7, 11) is 0. The highest BCUT2D eigenvalue weighted by Gasteiger charge is 2.47. The monoisotopic (exact) mass is 518 g/mol. The minimum absolute atomic E-state index is 0. The van der Waals surface area contributed by atoms with E-state index in [0.29, 0.717) is 12.8 Å². The lowest BCUT2D eigenvalue weighted by atomic mass is 9.56. The first-order valence-corrected chi connectivity index (χ1v) is 14.3. The summed E-state index contributed by atoms with van der Waals surface area (Å²) in [5, 5.41) is 33.5. The summed E-state index contributed by atoms with van der Waals surface area (Å²) in [6.07, 6.45) is 20.0. The molecule has 9 N–H and O–H groups in total. The van der Waals surface area contributed by atoms with Crippen LogP contribution in [0.1, 0.15) is 156 Å². The first-order valence-electron chi connectivity index (χ1n) is 14.3. The van der Waals surface area contributed by atoms with Crippen LogP contribution in [0.15, 0.2) is 0 Å². The van der Waals surface area contributed by atoms with Gasteiger partial charge in [-0.2, -0.15) is 0 Å². The van der Waals surface area contributed by atoms with Gasteiger partial charge in [-0.1, -0.05) is 124 Å². The van der Waals surface area contributed by atoms with Gasteiger partial charge in [0.2, 0.25) is 0 Å². The van der Waals surface area contributed by atoms with Gasteiger partial charge < -0.3 is 37.2 Å². The Morgan fingerprint density at radius 1 is 0.611 bits per heavy atom. The van der Waals surface area contributed by atoms with Crippen molar-refractivity contribution < 1.29 is 24.9 Å². The Balaban J connectivity index is -0.00000544. The summed E-state index contributed by atoms with van der Waals surface area (Å²) in [5.74, 6) is -2.31. The minimum atomic E-state index is -1.25. The maximum absolute atomic E-state index is 12.4. The van der Waals surface area contributed by atoms with Crippen molar-refractivity contribution in [3.63, 3.8) is 0 Å². The van der Waals surface area contributed by atoms with Gasteiger partial charge >= 0.3 is 0 Å². The number of rotatable bonds is 25. The third kappa shape index (κ3) is 15.8. The summed E-state index contributed by atoms with van der Waals surface area (Å²) in [6, 6.07) is 0. The molecule has 0 aromatic heterocycles. The fourth-order valence-electron chi connectivity index (χ4n) is 5.55. The lowest BCUT2D eigenvalue weighted by Gasteiger charge is -2.51. The Labute approximate surface area is 222 Å². The molecule has 0 amide bonds. The van der Waals surface area contributed by atoms with Crippen molar-refractivity contribution >= 4 is 11.9 Å². The van der Waals surface area contributed by atoms with E-state index in [0.717, 1.165) is 38.5 Å². The van der Waals surface area contributed by atoms with E-state index in [1.54, 1.807) is 6.92 Å². The molecule has 0 spiro atoms. The van der Waals surface area contributed by atoms with E-state index in [1.807, 2.05) is 0 Å². The number of carboxylic acid groups (broad SMARTS) is 2. The second-order valence-electron chi connectivity index (χ2n) is 10.7. The number of hydrogen-bond donors (Lipinski definition) is 3. The van der Waals surface area contributed by atoms with Gasteiger partial charge in [0.05, 0.1) is 0 Å². The smallest absolute Gasteiger partial charge is 0.0479 e. The van der Waals surface area contributed by atoms with Crippen LogP contribution in [0.5, 0.6) is 0 Å². The van der Waals surface area contributed by atoms with Gasteiger partial charge in [0.25, 0.3) is 0 Å². The van der Waals surface area contributed by atoms with Crippen LogP contribution in [0, 0.1) is 10.8 Å². The molecule has 0 fully saturated rings. The Hall–Kier alpha value is -1.18. The minimum Gasteiger partial charge on any atom is -0.550 e. The standard InChI is InChI=1S/C29H56O5.2H3N/c1-4-6-8-10-12-14-16-18-21-29(23-20-26(31)32,28(3,24-25-30)27(33)34)22-19-17-15-13-11-9-7-5-2;;/h30H,4-25H2,1-3H3,(H,31,32)(H,33,34);2*1H3. The number of quaternary nitrogens is 2. The predicted octanol–water partition coefficient (Wildman–Crippen LogP) is 6.46. The third-order valence-corrected chi connectivity index (χ3v) is 8.06. The van der Waals surface area contributed by atoms with E-state index < -0.39 is 22.8 Å². The van der Waals surface area contributed by atoms with Crippen molar-refractivity contribution in [2.45, 2.75) is 156 Å². The van der Waals surface area contributed by atoms with Crippen molar-refractivity contribution in [2.24, 2.45) is 10.8 Å². The molecular formula is C29H62N2O5. The van der Waals surface area contributed by atoms with Crippen LogP contribution in [0.3, 0.4) is 0 Å². The van der Waals surface area contributed by atoms with Crippen LogP contribution in [0.25, 0.3) is 0 Å². The van der Waals surface area contributed by atoms with Gasteiger partial charge in [-0.05, 0) is 37.5 Å². The number of carboxylic acids is 2. The zero-order chi connectivity index (χ0) is 25.7. The quantitative estimate of drug-likeness (QED) is 0.117.